The molecule has 0 atom stereocenters. The lowest BCUT2D eigenvalue weighted by Crippen LogP contribution is -2.29. The van der Waals surface area contributed by atoms with Gasteiger partial charge in [-0.25, -0.2) is 4.79 Å². The molecule has 1 fully saturated rings. The summed E-state index contributed by atoms with van der Waals surface area (Å²) in [5.41, 5.74) is 5.50. The van der Waals surface area contributed by atoms with Crippen molar-refractivity contribution in [3.05, 3.63) is 81.5 Å². The Labute approximate surface area is 196 Å². The zero-order chi connectivity index (χ0) is 22.8. The molecule has 0 radical (unpaired) electrons. The second kappa shape index (κ2) is 9.21. The molecule has 2 aromatic carbocycles. The number of carboxylic acid groups (broad SMARTS) is 1. The minimum absolute atomic E-state index is 0.148. The molecule has 3 N–H and O–H groups in total. The van der Waals surface area contributed by atoms with Crippen LogP contribution in [0.2, 0.25) is 0 Å². The summed E-state index contributed by atoms with van der Waals surface area (Å²) in [5, 5.41) is 19.7. The van der Waals surface area contributed by atoms with Gasteiger partial charge in [0.25, 0.3) is 5.91 Å². The van der Waals surface area contributed by atoms with E-state index < -0.39 is 5.97 Å². The number of hydrogen-bond donors (Lipinski definition) is 3. The van der Waals surface area contributed by atoms with Crippen LogP contribution in [0.4, 0.5) is 11.4 Å². The number of thiophene rings is 1. The molecule has 0 aliphatic carbocycles. The van der Waals surface area contributed by atoms with Gasteiger partial charge < -0.3 is 15.7 Å². The largest absolute Gasteiger partial charge is 0.478 e. The van der Waals surface area contributed by atoms with Gasteiger partial charge in [0.05, 0.1) is 16.8 Å². The highest BCUT2D eigenvalue weighted by atomic mass is 32.1. The normalized spacial score (nSPS) is 17.4. The van der Waals surface area contributed by atoms with Crippen LogP contribution in [0, 0.1) is 0 Å². The predicted octanol–water partition coefficient (Wildman–Crippen LogP) is 5.36. The quantitative estimate of drug-likeness (QED) is 0.432. The van der Waals surface area contributed by atoms with Crippen molar-refractivity contribution < 1.29 is 14.7 Å². The summed E-state index contributed by atoms with van der Waals surface area (Å²) in [5.74, 6) is -1.27. The first kappa shape index (κ1) is 21.4. The molecule has 33 heavy (non-hydrogen) atoms. The van der Waals surface area contributed by atoms with Gasteiger partial charge in [0.2, 0.25) is 0 Å². The van der Waals surface area contributed by atoms with Gasteiger partial charge in [-0.1, -0.05) is 18.6 Å². The Bertz CT molecular complexity index is 1210. The number of nitrogens with zero attached hydrogens (tertiary/aromatic N) is 1. The monoisotopic (exact) mass is 459 g/mol. The fourth-order valence-electron chi connectivity index (χ4n) is 4.45. The smallest absolute Gasteiger partial charge is 0.335 e. The van der Waals surface area contributed by atoms with Gasteiger partial charge >= 0.3 is 5.97 Å². The second-order valence-electron chi connectivity index (χ2n) is 8.44. The number of carbonyl (C=O) groups excluding carboxylic acids is 1. The lowest BCUT2D eigenvalue weighted by molar-refractivity contribution is -0.110. The number of carboxylic acids is 1. The number of amides is 1. The van der Waals surface area contributed by atoms with Gasteiger partial charge in [0.1, 0.15) is 0 Å². The van der Waals surface area contributed by atoms with E-state index in [0.29, 0.717) is 22.5 Å². The molecule has 1 saturated heterocycles. The first-order chi connectivity index (χ1) is 16.1. The van der Waals surface area contributed by atoms with Crippen molar-refractivity contribution in [2.45, 2.75) is 25.8 Å². The Balaban J connectivity index is 1.48. The van der Waals surface area contributed by atoms with E-state index in [0.717, 1.165) is 30.9 Å². The van der Waals surface area contributed by atoms with Crippen LogP contribution in [0.25, 0.3) is 11.3 Å². The summed E-state index contributed by atoms with van der Waals surface area (Å²) >= 11 is 1.54. The third-order valence-electron chi connectivity index (χ3n) is 6.15. The van der Waals surface area contributed by atoms with Crippen LogP contribution >= 0.6 is 11.3 Å². The number of nitrogens with one attached hydrogen (secondary N) is 2. The van der Waals surface area contributed by atoms with E-state index in [2.05, 4.69) is 27.7 Å². The number of fused-ring (bicyclic) bond motifs is 1. The van der Waals surface area contributed by atoms with Gasteiger partial charge in [0.15, 0.2) is 0 Å². The summed E-state index contributed by atoms with van der Waals surface area (Å²) in [4.78, 5) is 27.0. The van der Waals surface area contributed by atoms with Crippen LogP contribution in [0.5, 0.6) is 0 Å². The van der Waals surface area contributed by atoms with Gasteiger partial charge in [-0.15, -0.1) is 0 Å². The third-order valence-corrected chi connectivity index (χ3v) is 6.83. The van der Waals surface area contributed by atoms with Crippen LogP contribution in [0.15, 0.2) is 59.3 Å². The zero-order valence-corrected chi connectivity index (χ0v) is 19.0. The van der Waals surface area contributed by atoms with E-state index >= 15 is 0 Å². The molecule has 3 aromatic rings. The van der Waals surface area contributed by atoms with Crippen molar-refractivity contribution in [2.75, 3.05) is 23.7 Å². The van der Waals surface area contributed by atoms with E-state index in [-0.39, 0.29) is 11.5 Å². The fraction of sp³-hybridized carbons (Fsp3) is 0.231. The Morgan fingerprint density at radius 2 is 1.82 bits per heavy atom. The molecule has 0 saturated carbocycles. The van der Waals surface area contributed by atoms with Crippen LogP contribution in [-0.4, -0.2) is 35.0 Å². The maximum atomic E-state index is 13.0. The average Bonchev–Trinajstić information content (AvgIpc) is 3.46. The standard InChI is InChI=1S/C26H25N3O3S/c30-25-23(21-14-18(26(31)32)6-9-22(21)28-25)24(19-10-13-33-16-19)27-20-7-4-17(5-8-20)15-29-11-2-1-3-12-29/h4-10,13-14,16,27H,1-3,11-12,15H2,(H,28,30)(H,31,32)/b24-23-. The van der Waals surface area contributed by atoms with Crippen molar-refractivity contribution in [3.8, 4) is 0 Å². The Hall–Kier alpha value is -3.42. The van der Waals surface area contributed by atoms with Crippen LogP contribution in [0.3, 0.4) is 0 Å². The lowest BCUT2D eigenvalue weighted by atomic mass is 9.99. The van der Waals surface area contributed by atoms with E-state index in [1.165, 1.54) is 30.9 Å². The number of rotatable bonds is 6. The molecule has 3 heterocycles. The molecule has 0 bridgehead atoms. The number of aromatic carboxylic acids is 1. The van der Waals surface area contributed by atoms with Crippen molar-refractivity contribution in [1.82, 2.24) is 4.90 Å². The van der Waals surface area contributed by atoms with E-state index in [4.69, 9.17) is 0 Å². The molecule has 0 unspecified atom stereocenters. The first-order valence-electron chi connectivity index (χ1n) is 11.1. The van der Waals surface area contributed by atoms with Gasteiger partial charge in [-0.3, -0.25) is 9.69 Å². The average molecular weight is 460 g/mol. The topological polar surface area (TPSA) is 81.7 Å². The molecule has 6 nitrogen and oxygen atoms in total. The molecule has 1 amide bonds. The molecular formula is C26H25N3O3S. The van der Waals surface area contributed by atoms with Crippen molar-refractivity contribution >= 4 is 45.9 Å². The molecule has 1 aromatic heterocycles. The molecule has 168 valence electrons. The summed E-state index contributed by atoms with van der Waals surface area (Å²) in [6.45, 7) is 3.26. The van der Waals surface area contributed by atoms with Crippen LogP contribution in [0.1, 0.15) is 46.3 Å². The minimum atomic E-state index is -1.02. The highest BCUT2D eigenvalue weighted by Gasteiger charge is 2.29. The van der Waals surface area contributed by atoms with Crippen LogP contribution < -0.4 is 10.6 Å². The molecular weight excluding hydrogens is 434 g/mol. The van der Waals surface area contributed by atoms with Crippen LogP contribution in [-0.2, 0) is 11.3 Å². The number of hydrogen-bond acceptors (Lipinski definition) is 5. The molecule has 7 heteroatoms. The third kappa shape index (κ3) is 4.55. The first-order valence-corrected chi connectivity index (χ1v) is 12.1. The second-order valence-corrected chi connectivity index (χ2v) is 9.22. The predicted molar refractivity (Wildman–Crippen MR) is 132 cm³/mol. The lowest BCUT2D eigenvalue weighted by Gasteiger charge is -2.26. The Morgan fingerprint density at radius 3 is 2.52 bits per heavy atom. The highest BCUT2D eigenvalue weighted by Crippen LogP contribution is 2.38. The number of benzene rings is 2. The van der Waals surface area contributed by atoms with E-state index in [1.54, 1.807) is 23.5 Å². The molecule has 0 spiro atoms. The van der Waals surface area contributed by atoms with E-state index in [9.17, 15) is 14.7 Å². The van der Waals surface area contributed by atoms with Crippen molar-refractivity contribution in [3.63, 3.8) is 0 Å². The SMILES string of the molecule is O=C1Nc2ccc(C(=O)O)cc2/C1=C(/Nc1ccc(CN2CCCCC2)cc1)c1ccsc1. The minimum Gasteiger partial charge on any atom is -0.478 e. The summed E-state index contributed by atoms with van der Waals surface area (Å²) in [7, 11) is 0. The van der Waals surface area contributed by atoms with Crippen molar-refractivity contribution in [1.29, 1.82) is 0 Å². The summed E-state index contributed by atoms with van der Waals surface area (Å²) < 4.78 is 0. The number of likely N-dealkylation sites (tertiary alicyclic amines) is 1. The number of anilines is 2. The molecule has 5 rings (SSSR count). The number of piperidine rings is 1. The van der Waals surface area contributed by atoms with Crippen molar-refractivity contribution in [2.24, 2.45) is 0 Å². The zero-order valence-electron chi connectivity index (χ0n) is 18.1. The Kier molecular flexibility index (Phi) is 5.98. The van der Waals surface area contributed by atoms with Gasteiger partial charge in [-0.05, 0) is 73.3 Å². The molecule has 2 aliphatic rings. The summed E-state index contributed by atoms with van der Waals surface area (Å²) in [6, 6.07) is 15.0. The summed E-state index contributed by atoms with van der Waals surface area (Å²) in [6.07, 6.45) is 3.86. The van der Waals surface area contributed by atoms with Gasteiger partial charge in [-0.2, -0.15) is 11.3 Å². The fourth-order valence-corrected chi connectivity index (χ4v) is 5.09. The maximum absolute atomic E-state index is 13.0. The Morgan fingerprint density at radius 1 is 1.03 bits per heavy atom. The van der Waals surface area contributed by atoms with Gasteiger partial charge in [0, 0.05) is 34.4 Å². The maximum Gasteiger partial charge on any atom is 0.335 e. The van der Waals surface area contributed by atoms with E-state index in [1.807, 2.05) is 29.0 Å². The number of carbonyl (C=O) groups is 2. The highest BCUT2D eigenvalue weighted by molar-refractivity contribution is 7.08. The molecule has 2 aliphatic heterocycles.